The molecule has 2 N–H and O–H groups in total. The molecule has 2 aliphatic heterocycles. The third kappa shape index (κ3) is 2.34. The lowest BCUT2D eigenvalue weighted by Gasteiger charge is -2.32. The van der Waals surface area contributed by atoms with E-state index in [0.717, 1.165) is 25.3 Å². The highest BCUT2D eigenvalue weighted by Crippen LogP contribution is 2.27. The lowest BCUT2D eigenvalue weighted by atomic mass is 10.1. The molecule has 0 saturated carbocycles. The zero-order valence-corrected chi connectivity index (χ0v) is 10.0. The van der Waals surface area contributed by atoms with E-state index >= 15 is 0 Å². The molecule has 0 aliphatic carbocycles. The zero-order valence-electron chi connectivity index (χ0n) is 10.0. The average Bonchev–Trinajstić information content (AvgIpc) is 2.69. The molecule has 2 aliphatic rings. The summed E-state index contributed by atoms with van der Waals surface area (Å²) in [6, 6.07) is 4.12. The van der Waals surface area contributed by atoms with E-state index < -0.39 is 0 Å². The molecule has 2 saturated heterocycles. The predicted molar refractivity (Wildman–Crippen MR) is 65.3 cm³/mol. The van der Waals surface area contributed by atoms with Gasteiger partial charge in [-0.25, -0.2) is 0 Å². The van der Waals surface area contributed by atoms with Gasteiger partial charge in [0.25, 0.3) is 0 Å². The summed E-state index contributed by atoms with van der Waals surface area (Å²) >= 11 is 0. The summed E-state index contributed by atoms with van der Waals surface area (Å²) in [6.45, 7) is 3.58. The van der Waals surface area contributed by atoms with Crippen LogP contribution in [0.5, 0.6) is 0 Å². The second kappa shape index (κ2) is 4.72. The van der Waals surface area contributed by atoms with Crippen LogP contribution in [0.15, 0.2) is 18.3 Å². The van der Waals surface area contributed by atoms with E-state index in [4.69, 9.17) is 10.5 Å². The Bertz CT molecular complexity index is 384. The van der Waals surface area contributed by atoms with Gasteiger partial charge >= 0.3 is 0 Å². The van der Waals surface area contributed by atoms with Crippen LogP contribution >= 0.6 is 0 Å². The standard InChI is InChI=1S/C13H19N3O/c14-6-13-10(2-1-5-15-13)7-16-8-11-3-4-12(9-16)17-11/h1-2,5,11-12H,3-4,6-9,14H2. The van der Waals surface area contributed by atoms with Crippen LogP contribution in [-0.4, -0.2) is 35.2 Å². The second-order valence-electron chi connectivity index (χ2n) is 4.96. The van der Waals surface area contributed by atoms with Crippen molar-refractivity contribution in [3.8, 4) is 0 Å². The van der Waals surface area contributed by atoms with Crippen molar-refractivity contribution in [1.82, 2.24) is 9.88 Å². The lowest BCUT2D eigenvalue weighted by molar-refractivity contribution is -0.0411. The van der Waals surface area contributed by atoms with E-state index in [2.05, 4.69) is 16.0 Å². The Morgan fingerprint density at radius 2 is 2.12 bits per heavy atom. The largest absolute Gasteiger partial charge is 0.372 e. The fourth-order valence-electron chi connectivity index (χ4n) is 2.87. The molecule has 2 fully saturated rings. The molecule has 1 aromatic heterocycles. The van der Waals surface area contributed by atoms with Crippen molar-refractivity contribution in [3.05, 3.63) is 29.6 Å². The molecule has 92 valence electrons. The number of likely N-dealkylation sites (tertiary alicyclic amines) is 1. The Morgan fingerprint density at radius 3 is 2.82 bits per heavy atom. The molecular weight excluding hydrogens is 214 g/mol. The Labute approximate surface area is 102 Å². The first-order valence-corrected chi connectivity index (χ1v) is 6.36. The van der Waals surface area contributed by atoms with Crippen molar-refractivity contribution in [2.75, 3.05) is 13.1 Å². The molecule has 0 radical (unpaired) electrons. The van der Waals surface area contributed by atoms with Gasteiger partial charge in [-0.15, -0.1) is 0 Å². The van der Waals surface area contributed by atoms with E-state index in [-0.39, 0.29) is 0 Å². The Hall–Kier alpha value is -0.970. The molecular formula is C13H19N3O. The SMILES string of the molecule is NCc1ncccc1CN1CC2CCC(C1)O2. The number of fused-ring (bicyclic) bond motifs is 2. The van der Waals surface area contributed by atoms with Gasteiger partial charge in [0, 0.05) is 32.4 Å². The molecule has 2 unspecified atom stereocenters. The summed E-state index contributed by atoms with van der Waals surface area (Å²) in [5, 5.41) is 0. The maximum Gasteiger partial charge on any atom is 0.0707 e. The summed E-state index contributed by atoms with van der Waals surface area (Å²) in [5.41, 5.74) is 8.00. The summed E-state index contributed by atoms with van der Waals surface area (Å²) in [7, 11) is 0. The molecule has 0 spiro atoms. The minimum absolute atomic E-state index is 0.451. The molecule has 2 atom stereocenters. The normalized spacial score (nSPS) is 28.5. The van der Waals surface area contributed by atoms with Gasteiger partial charge in [-0.05, 0) is 24.5 Å². The maximum absolute atomic E-state index is 5.84. The molecule has 0 aromatic carbocycles. The van der Waals surface area contributed by atoms with E-state index in [1.54, 1.807) is 0 Å². The van der Waals surface area contributed by atoms with E-state index in [0.29, 0.717) is 18.8 Å². The number of nitrogens with zero attached hydrogens (tertiary/aromatic N) is 2. The van der Waals surface area contributed by atoms with Gasteiger partial charge in [0.15, 0.2) is 0 Å². The molecule has 2 bridgehead atoms. The quantitative estimate of drug-likeness (QED) is 0.843. The first-order chi connectivity index (χ1) is 8.35. The average molecular weight is 233 g/mol. The number of nitrogens with two attached hydrogens (primary N) is 1. The van der Waals surface area contributed by atoms with Gasteiger partial charge in [-0.3, -0.25) is 9.88 Å². The number of ether oxygens (including phenoxy) is 1. The van der Waals surface area contributed by atoms with Gasteiger partial charge in [-0.2, -0.15) is 0 Å². The Balaban J connectivity index is 1.70. The van der Waals surface area contributed by atoms with Crippen LogP contribution in [0.1, 0.15) is 24.1 Å². The molecule has 17 heavy (non-hydrogen) atoms. The summed E-state index contributed by atoms with van der Waals surface area (Å²) in [6.07, 6.45) is 5.16. The number of rotatable bonds is 3. The summed E-state index contributed by atoms with van der Waals surface area (Å²) in [4.78, 5) is 6.81. The number of hydrogen-bond donors (Lipinski definition) is 1. The van der Waals surface area contributed by atoms with Crippen LogP contribution in [0, 0.1) is 0 Å². The first-order valence-electron chi connectivity index (χ1n) is 6.36. The minimum atomic E-state index is 0.451. The van der Waals surface area contributed by atoms with Crippen molar-refractivity contribution in [2.45, 2.75) is 38.1 Å². The monoisotopic (exact) mass is 233 g/mol. The topological polar surface area (TPSA) is 51.4 Å². The van der Waals surface area contributed by atoms with Crippen molar-refractivity contribution < 1.29 is 4.74 Å². The van der Waals surface area contributed by atoms with Crippen molar-refractivity contribution >= 4 is 0 Å². The highest BCUT2D eigenvalue weighted by molar-refractivity contribution is 5.19. The van der Waals surface area contributed by atoms with Crippen LogP contribution in [0.2, 0.25) is 0 Å². The predicted octanol–water partition coefficient (Wildman–Crippen LogP) is 0.903. The van der Waals surface area contributed by atoms with Gasteiger partial charge < -0.3 is 10.5 Å². The summed E-state index contributed by atoms with van der Waals surface area (Å²) in [5.74, 6) is 0. The van der Waals surface area contributed by atoms with Crippen LogP contribution < -0.4 is 5.73 Å². The highest BCUT2D eigenvalue weighted by atomic mass is 16.5. The van der Waals surface area contributed by atoms with Gasteiger partial charge in [0.05, 0.1) is 17.9 Å². The Kier molecular flexibility index (Phi) is 3.09. The number of morpholine rings is 1. The fourth-order valence-corrected chi connectivity index (χ4v) is 2.87. The smallest absolute Gasteiger partial charge is 0.0707 e. The molecule has 3 heterocycles. The molecule has 0 amide bonds. The Morgan fingerprint density at radius 1 is 1.35 bits per heavy atom. The van der Waals surface area contributed by atoms with Crippen LogP contribution in [0.3, 0.4) is 0 Å². The molecule has 1 aromatic rings. The third-order valence-corrected chi connectivity index (χ3v) is 3.69. The van der Waals surface area contributed by atoms with Crippen molar-refractivity contribution in [2.24, 2.45) is 5.73 Å². The van der Waals surface area contributed by atoms with Crippen molar-refractivity contribution in [3.63, 3.8) is 0 Å². The van der Waals surface area contributed by atoms with Gasteiger partial charge in [0.1, 0.15) is 0 Å². The first kappa shape index (κ1) is 11.1. The van der Waals surface area contributed by atoms with Crippen molar-refractivity contribution in [1.29, 1.82) is 0 Å². The minimum Gasteiger partial charge on any atom is -0.372 e. The van der Waals surface area contributed by atoms with E-state index in [1.807, 2.05) is 12.3 Å². The second-order valence-corrected chi connectivity index (χ2v) is 4.96. The fraction of sp³-hybridized carbons (Fsp3) is 0.615. The highest BCUT2D eigenvalue weighted by Gasteiger charge is 2.33. The van der Waals surface area contributed by atoms with Crippen LogP contribution in [0.25, 0.3) is 0 Å². The summed E-state index contributed by atoms with van der Waals surface area (Å²) < 4.78 is 5.84. The van der Waals surface area contributed by atoms with E-state index in [9.17, 15) is 0 Å². The number of pyridine rings is 1. The maximum atomic E-state index is 5.84. The van der Waals surface area contributed by atoms with Gasteiger partial charge in [0.2, 0.25) is 0 Å². The number of aromatic nitrogens is 1. The van der Waals surface area contributed by atoms with Crippen LogP contribution in [0.4, 0.5) is 0 Å². The third-order valence-electron chi connectivity index (χ3n) is 3.69. The lowest BCUT2D eigenvalue weighted by Crippen LogP contribution is -2.42. The van der Waals surface area contributed by atoms with E-state index in [1.165, 1.54) is 18.4 Å². The molecule has 3 rings (SSSR count). The molecule has 4 heteroatoms. The molecule has 4 nitrogen and oxygen atoms in total. The van der Waals surface area contributed by atoms with Crippen LogP contribution in [-0.2, 0) is 17.8 Å². The number of hydrogen-bond acceptors (Lipinski definition) is 4. The van der Waals surface area contributed by atoms with Gasteiger partial charge in [-0.1, -0.05) is 6.07 Å². The zero-order chi connectivity index (χ0) is 11.7.